The van der Waals surface area contributed by atoms with Crippen LogP contribution in [0.25, 0.3) is 6.08 Å². The molecule has 7 heteroatoms. The Balaban J connectivity index is 1.51. The molecule has 2 aromatic carbocycles. The first-order valence-electron chi connectivity index (χ1n) is 8.15. The molecule has 0 fully saturated rings. The fourth-order valence-corrected chi connectivity index (χ4v) is 3.47. The lowest BCUT2D eigenvalue weighted by Crippen LogP contribution is -2.13. The predicted octanol–water partition coefficient (Wildman–Crippen LogP) is 4.53. The average molecular weight is 396 g/mol. The molecule has 2 amide bonds. The highest BCUT2D eigenvalue weighted by molar-refractivity contribution is 8.00. The van der Waals surface area contributed by atoms with E-state index in [1.54, 1.807) is 17.7 Å². The number of nitrogens with one attached hydrogen (secondary N) is 2. The summed E-state index contributed by atoms with van der Waals surface area (Å²) in [6.45, 7) is 0. The number of carbonyl (C=O) groups excluding carboxylic acids is 2. The number of aromatic nitrogens is 1. The zero-order valence-corrected chi connectivity index (χ0v) is 15.9. The molecular weight excluding hydrogens is 378 g/mol. The van der Waals surface area contributed by atoms with Crippen LogP contribution in [0.1, 0.15) is 5.56 Å². The van der Waals surface area contributed by atoms with E-state index in [1.807, 2.05) is 54.6 Å². The van der Waals surface area contributed by atoms with Gasteiger partial charge in [0.25, 0.3) is 0 Å². The van der Waals surface area contributed by atoms with Crippen molar-refractivity contribution in [2.45, 2.75) is 4.90 Å². The van der Waals surface area contributed by atoms with Gasteiger partial charge in [0.15, 0.2) is 5.13 Å². The fourth-order valence-electron chi connectivity index (χ4n) is 2.17. The topological polar surface area (TPSA) is 71.1 Å². The summed E-state index contributed by atoms with van der Waals surface area (Å²) in [5, 5.41) is 7.96. The van der Waals surface area contributed by atoms with Crippen molar-refractivity contribution in [1.29, 1.82) is 0 Å². The minimum Gasteiger partial charge on any atom is -0.322 e. The van der Waals surface area contributed by atoms with Crippen LogP contribution in [-0.2, 0) is 9.59 Å². The standard InChI is InChI=1S/C20H17N3O2S2/c24-18(10-9-15-5-2-1-3-6-15)22-16-7-4-8-17(13-16)27-14-19(25)23-20-21-11-12-26-20/h1-13H,14H2,(H,22,24)(H,21,23,25)/b10-9+. The molecule has 0 aliphatic carbocycles. The van der Waals surface area contributed by atoms with E-state index >= 15 is 0 Å². The van der Waals surface area contributed by atoms with E-state index in [0.29, 0.717) is 10.8 Å². The molecule has 0 spiro atoms. The molecule has 0 aliphatic rings. The van der Waals surface area contributed by atoms with Crippen molar-refractivity contribution >= 4 is 51.8 Å². The summed E-state index contributed by atoms with van der Waals surface area (Å²) in [4.78, 5) is 28.9. The molecule has 5 nitrogen and oxygen atoms in total. The van der Waals surface area contributed by atoms with Gasteiger partial charge in [0.2, 0.25) is 11.8 Å². The van der Waals surface area contributed by atoms with E-state index in [0.717, 1.165) is 10.5 Å². The molecule has 0 bridgehead atoms. The number of amides is 2. The van der Waals surface area contributed by atoms with Crippen molar-refractivity contribution in [3.63, 3.8) is 0 Å². The number of anilines is 2. The SMILES string of the molecule is O=C(/C=C/c1ccccc1)Nc1cccc(SCC(=O)Nc2nccs2)c1. The van der Waals surface area contributed by atoms with Gasteiger partial charge < -0.3 is 10.6 Å². The lowest BCUT2D eigenvalue weighted by molar-refractivity contribution is -0.114. The normalized spacial score (nSPS) is 10.7. The van der Waals surface area contributed by atoms with Gasteiger partial charge in [-0.15, -0.1) is 23.1 Å². The Morgan fingerprint density at radius 3 is 2.70 bits per heavy atom. The summed E-state index contributed by atoms with van der Waals surface area (Å²) in [6.07, 6.45) is 4.90. The van der Waals surface area contributed by atoms with E-state index in [4.69, 9.17) is 0 Å². The maximum atomic E-state index is 12.1. The summed E-state index contributed by atoms with van der Waals surface area (Å²) in [7, 11) is 0. The Bertz CT molecular complexity index is 925. The second-order valence-corrected chi connectivity index (χ2v) is 7.38. The highest BCUT2D eigenvalue weighted by Gasteiger charge is 2.06. The second-order valence-electron chi connectivity index (χ2n) is 5.44. The van der Waals surface area contributed by atoms with Crippen LogP contribution in [0.4, 0.5) is 10.8 Å². The second kappa shape index (κ2) is 9.70. The van der Waals surface area contributed by atoms with Gasteiger partial charge in [-0.25, -0.2) is 4.98 Å². The van der Waals surface area contributed by atoms with Crippen LogP contribution in [0.15, 0.2) is 77.1 Å². The lowest BCUT2D eigenvalue weighted by atomic mass is 10.2. The number of thioether (sulfide) groups is 1. The van der Waals surface area contributed by atoms with Crippen LogP contribution < -0.4 is 10.6 Å². The van der Waals surface area contributed by atoms with Crippen molar-refractivity contribution in [3.05, 3.63) is 77.8 Å². The highest BCUT2D eigenvalue weighted by Crippen LogP contribution is 2.22. The molecule has 2 N–H and O–H groups in total. The van der Waals surface area contributed by atoms with Gasteiger partial charge in [-0.1, -0.05) is 36.4 Å². The number of hydrogen-bond acceptors (Lipinski definition) is 5. The summed E-state index contributed by atoms with van der Waals surface area (Å²) < 4.78 is 0. The van der Waals surface area contributed by atoms with Crippen molar-refractivity contribution < 1.29 is 9.59 Å². The molecule has 0 radical (unpaired) electrons. The van der Waals surface area contributed by atoms with Gasteiger partial charge in [0, 0.05) is 28.2 Å². The molecule has 0 saturated carbocycles. The van der Waals surface area contributed by atoms with Gasteiger partial charge in [-0.05, 0) is 29.8 Å². The van der Waals surface area contributed by atoms with Gasteiger partial charge in [-0.3, -0.25) is 9.59 Å². The molecule has 27 heavy (non-hydrogen) atoms. The quantitative estimate of drug-likeness (QED) is 0.456. The molecule has 0 aliphatic heterocycles. The van der Waals surface area contributed by atoms with E-state index in [2.05, 4.69) is 15.6 Å². The molecule has 136 valence electrons. The molecule has 3 rings (SSSR count). The Morgan fingerprint density at radius 1 is 1.07 bits per heavy atom. The van der Waals surface area contributed by atoms with E-state index in [9.17, 15) is 9.59 Å². The van der Waals surface area contributed by atoms with Gasteiger partial charge >= 0.3 is 0 Å². The molecule has 1 heterocycles. The third-order valence-corrected chi connectivity index (χ3v) is 5.06. The van der Waals surface area contributed by atoms with Crippen molar-refractivity contribution in [2.75, 3.05) is 16.4 Å². The van der Waals surface area contributed by atoms with Gasteiger partial charge in [0.05, 0.1) is 5.75 Å². The maximum absolute atomic E-state index is 12.1. The first-order valence-corrected chi connectivity index (χ1v) is 10.0. The highest BCUT2D eigenvalue weighted by atomic mass is 32.2. The van der Waals surface area contributed by atoms with Crippen LogP contribution in [0.5, 0.6) is 0 Å². The zero-order chi connectivity index (χ0) is 18.9. The predicted molar refractivity (Wildman–Crippen MR) is 112 cm³/mol. The van der Waals surface area contributed by atoms with E-state index in [-0.39, 0.29) is 17.6 Å². The minimum absolute atomic E-state index is 0.116. The minimum atomic E-state index is -0.206. The summed E-state index contributed by atoms with van der Waals surface area (Å²) in [6, 6.07) is 17.0. The largest absolute Gasteiger partial charge is 0.322 e. The van der Waals surface area contributed by atoms with Crippen molar-refractivity contribution in [3.8, 4) is 0 Å². The lowest BCUT2D eigenvalue weighted by Gasteiger charge is -2.06. The monoisotopic (exact) mass is 395 g/mol. The number of nitrogens with zero attached hydrogens (tertiary/aromatic N) is 1. The number of benzene rings is 2. The number of thiazole rings is 1. The van der Waals surface area contributed by atoms with E-state index in [1.165, 1.54) is 29.2 Å². The molecular formula is C20H17N3O2S2. The molecule has 3 aromatic rings. The number of carbonyl (C=O) groups is 2. The molecule has 0 unspecified atom stereocenters. The summed E-state index contributed by atoms with van der Waals surface area (Å²) in [5.41, 5.74) is 1.64. The Kier molecular flexibility index (Phi) is 6.78. The Morgan fingerprint density at radius 2 is 1.93 bits per heavy atom. The molecule has 0 saturated heterocycles. The van der Waals surface area contributed by atoms with Crippen LogP contribution in [0, 0.1) is 0 Å². The Hall–Kier alpha value is -2.90. The third kappa shape index (κ3) is 6.40. The van der Waals surface area contributed by atoms with Gasteiger partial charge in [0.1, 0.15) is 0 Å². The summed E-state index contributed by atoms with van der Waals surface area (Å²) in [5.74, 6) is -0.0528. The third-order valence-electron chi connectivity index (χ3n) is 3.38. The van der Waals surface area contributed by atoms with Crippen LogP contribution in [-0.4, -0.2) is 22.6 Å². The zero-order valence-electron chi connectivity index (χ0n) is 14.3. The molecule has 0 atom stereocenters. The van der Waals surface area contributed by atoms with Crippen molar-refractivity contribution in [2.24, 2.45) is 0 Å². The number of hydrogen-bond donors (Lipinski definition) is 2. The van der Waals surface area contributed by atoms with E-state index < -0.39 is 0 Å². The van der Waals surface area contributed by atoms with Crippen LogP contribution >= 0.6 is 23.1 Å². The van der Waals surface area contributed by atoms with Crippen LogP contribution in [0.2, 0.25) is 0 Å². The average Bonchev–Trinajstić information content (AvgIpc) is 3.19. The van der Waals surface area contributed by atoms with Crippen molar-refractivity contribution in [1.82, 2.24) is 4.98 Å². The summed E-state index contributed by atoms with van der Waals surface area (Å²) >= 11 is 2.78. The smallest absolute Gasteiger partial charge is 0.248 e. The fraction of sp³-hybridized carbons (Fsp3) is 0.0500. The molecule has 1 aromatic heterocycles. The maximum Gasteiger partial charge on any atom is 0.248 e. The first kappa shape index (κ1) is 18.9. The Labute approximate surface area is 165 Å². The first-order chi connectivity index (χ1) is 13.2. The van der Waals surface area contributed by atoms with Crippen LogP contribution in [0.3, 0.4) is 0 Å². The number of rotatable bonds is 7. The van der Waals surface area contributed by atoms with Gasteiger partial charge in [-0.2, -0.15) is 0 Å².